The van der Waals surface area contributed by atoms with Gasteiger partial charge in [-0.05, 0) is 99.1 Å². The van der Waals surface area contributed by atoms with Crippen LogP contribution in [-0.2, 0) is 5.41 Å². The minimum absolute atomic E-state index is 0.163. The average molecular weight is 864 g/mol. The first-order chi connectivity index (χ1) is 32.4. The van der Waals surface area contributed by atoms with Gasteiger partial charge in [-0.25, -0.2) is 15.0 Å². The molecule has 0 aliphatic heterocycles. The standard InChI is InChI=1S/C60H37N3O2S/c1-60(2)47-18-8-6-14-40(47)41-26-23-38(32-48(41)60)58-61-57(34-12-4-3-5-13-34)62-59(63-58)44-17-11-20-52-56(44)46-31-37(25-29-50(46)65-52)39-16-10-19-51-55(39)45-30-35(24-28-49(45)64-51)36-22-27-43-42-15-7-9-21-53(42)66-54(43)33-36/h3-33H,1-2H3. The molecule has 0 saturated carbocycles. The molecular formula is C60H37N3O2S. The molecule has 0 N–H and O–H groups in total. The Morgan fingerprint density at radius 1 is 0.348 bits per heavy atom. The van der Waals surface area contributed by atoms with E-state index in [0.29, 0.717) is 17.5 Å². The first-order valence-electron chi connectivity index (χ1n) is 22.3. The molecule has 0 amide bonds. The molecule has 0 fully saturated rings. The van der Waals surface area contributed by atoms with Crippen LogP contribution in [0.15, 0.2) is 197 Å². The van der Waals surface area contributed by atoms with Gasteiger partial charge in [-0.15, -0.1) is 11.3 Å². The highest BCUT2D eigenvalue weighted by atomic mass is 32.1. The van der Waals surface area contributed by atoms with Crippen molar-refractivity contribution in [2.75, 3.05) is 0 Å². The summed E-state index contributed by atoms with van der Waals surface area (Å²) < 4.78 is 15.7. The van der Waals surface area contributed by atoms with Gasteiger partial charge in [-0.3, -0.25) is 0 Å². The Morgan fingerprint density at radius 3 is 1.74 bits per heavy atom. The van der Waals surface area contributed by atoms with Gasteiger partial charge in [0.25, 0.3) is 0 Å². The second-order valence-electron chi connectivity index (χ2n) is 17.9. The van der Waals surface area contributed by atoms with Crippen molar-refractivity contribution in [3.8, 4) is 67.5 Å². The molecule has 1 aliphatic rings. The molecule has 14 rings (SSSR count). The Hall–Kier alpha value is -8.19. The van der Waals surface area contributed by atoms with Gasteiger partial charge in [0, 0.05) is 63.8 Å². The van der Waals surface area contributed by atoms with E-state index in [9.17, 15) is 0 Å². The Labute approximate surface area is 383 Å². The molecule has 0 bridgehead atoms. The number of benzene rings is 9. The Balaban J connectivity index is 0.920. The third-order valence-corrected chi connectivity index (χ3v) is 14.9. The molecule has 6 heteroatoms. The average Bonchev–Trinajstić information content (AvgIpc) is 4.11. The monoisotopic (exact) mass is 863 g/mol. The number of rotatable bonds is 5. The Morgan fingerprint density at radius 2 is 0.924 bits per heavy atom. The molecule has 0 unspecified atom stereocenters. The van der Waals surface area contributed by atoms with Gasteiger partial charge in [0.05, 0.1) is 0 Å². The SMILES string of the molecule is CC1(C)c2ccccc2-c2ccc(-c3nc(-c4ccccc4)nc(-c4cccc5oc6ccc(-c7cccc8oc9ccc(-c%10ccc%11c(c%10)sc%10ccccc%10%11)cc9c78)cc6c45)n3)cc21. The zero-order valence-electron chi connectivity index (χ0n) is 36.0. The zero-order valence-corrected chi connectivity index (χ0v) is 36.8. The maximum Gasteiger partial charge on any atom is 0.164 e. The van der Waals surface area contributed by atoms with Crippen molar-refractivity contribution in [3.05, 3.63) is 199 Å². The van der Waals surface area contributed by atoms with Crippen LogP contribution < -0.4 is 0 Å². The topological polar surface area (TPSA) is 65.0 Å². The number of nitrogens with zero attached hydrogens (tertiary/aromatic N) is 3. The van der Waals surface area contributed by atoms with Gasteiger partial charge >= 0.3 is 0 Å². The summed E-state index contributed by atoms with van der Waals surface area (Å²) in [5.74, 6) is 1.83. The van der Waals surface area contributed by atoms with Crippen molar-refractivity contribution in [2.24, 2.45) is 0 Å². The number of hydrogen-bond acceptors (Lipinski definition) is 6. The fraction of sp³-hybridized carbons (Fsp3) is 0.0500. The Bertz CT molecular complexity index is 4160. The molecular weight excluding hydrogens is 827 g/mol. The molecule has 66 heavy (non-hydrogen) atoms. The van der Waals surface area contributed by atoms with Crippen LogP contribution in [0.5, 0.6) is 0 Å². The van der Waals surface area contributed by atoms with Gasteiger partial charge in [-0.1, -0.05) is 147 Å². The third kappa shape index (κ3) is 5.55. The second kappa shape index (κ2) is 13.9. The number of fused-ring (bicyclic) bond motifs is 12. The lowest BCUT2D eigenvalue weighted by atomic mass is 9.82. The molecule has 9 aromatic carbocycles. The van der Waals surface area contributed by atoms with E-state index in [1.807, 2.05) is 41.7 Å². The number of thiophene rings is 1. The fourth-order valence-electron chi connectivity index (χ4n) is 10.5. The van der Waals surface area contributed by atoms with E-state index in [-0.39, 0.29) is 5.41 Å². The predicted molar refractivity (Wildman–Crippen MR) is 272 cm³/mol. The zero-order chi connectivity index (χ0) is 43.7. The fourth-order valence-corrected chi connectivity index (χ4v) is 11.7. The molecule has 0 atom stereocenters. The summed E-state index contributed by atoms with van der Waals surface area (Å²) in [6.45, 7) is 4.60. The van der Waals surface area contributed by atoms with Gasteiger partial charge < -0.3 is 8.83 Å². The van der Waals surface area contributed by atoms with E-state index in [2.05, 4.69) is 172 Å². The molecule has 0 saturated heterocycles. The van der Waals surface area contributed by atoms with E-state index >= 15 is 0 Å². The molecule has 5 nitrogen and oxygen atoms in total. The van der Waals surface area contributed by atoms with Crippen LogP contribution in [0.4, 0.5) is 0 Å². The minimum atomic E-state index is -0.163. The first kappa shape index (κ1) is 37.2. The van der Waals surface area contributed by atoms with Crippen molar-refractivity contribution in [2.45, 2.75) is 19.3 Å². The molecule has 1 aliphatic carbocycles. The van der Waals surface area contributed by atoms with E-state index in [4.69, 9.17) is 23.8 Å². The molecule has 4 aromatic heterocycles. The highest BCUT2D eigenvalue weighted by Crippen LogP contribution is 2.50. The predicted octanol–water partition coefficient (Wildman–Crippen LogP) is 16.7. The van der Waals surface area contributed by atoms with Gasteiger partial charge in [0.15, 0.2) is 17.5 Å². The van der Waals surface area contributed by atoms with Crippen LogP contribution in [0.2, 0.25) is 0 Å². The summed E-state index contributed by atoms with van der Waals surface area (Å²) in [4.78, 5) is 15.6. The summed E-state index contributed by atoms with van der Waals surface area (Å²) in [6.07, 6.45) is 0. The van der Waals surface area contributed by atoms with Crippen molar-refractivity contribution >= 4 is 75.4 Å². The van der Waals surface area contributed by atoms with Crippen molar-refractivity contribution in [3.63, 3.8) is 0 Å². The third-order valence-electron chi connectivity index (χ3n) is 13.8. The quantitative estimate of drug-likeness (QED) is 0.172. The normalized spacial score (nSPS) is 13.1. The van der Waals surface area contributed by atoms with Crippen LogP contribution in [0.25, 0.3) is 132 Å². The van der Waals surface area contributed by atoms with Crippen LogP contribution in [-0.4, -0.2) is 15.0 Å². The van der Waals surface area contributed by atoms with Crippen molar-refractivity contribution in [1.29, 1.82) is 0 Å². The summed E-state index contributed by atoms with van der Waals surface area (Å²) in [5, 5.41) is 6.71. The summed E-state index contributed by atoms with van der Waals surface area (Å²) >= 11 is 1.84. The first-order valence-corrected chi connectivity index (χ1v) is 23.1. The number of hydrogen-bond donors (Lipinski definition) is 0. The van der Waals surface area contributed by atoms with Crippen LogP contribution in [0, 0.1) is 0 Å². The van der Waals surface area contributed by atoms with Gasteiger partial charge in [0.1, 0.15) is 22.3 Å². The maximum absolute atomic E-state index is 6.61. The van der Waals surface area contributed by atoms with Crippen LogP contribution >= 0.6 is 11.3 Å². The lowest BCUT2D eigenvalue weighted by Crippen LogP contribution is -2.15. The smallest absolute Gasteiger partial charge is 0.164 e. The molecule has 13 aromatic rings. The summed E-state index contributed by atoms with van der Waals surface area (Å²) in [7, 11) is 0. The largest absolute Gasteiger partial charge is 0.456 e. The van der Waals surface area contributed by atoms with Crippen LogP contribution in [0.1, 0.15) is 25.0 Å². The highest BCUT2D eigenvalue weighted by Gasteiger charge is 2.35. The maximum atomic E-state index is 6.61. The van der Waals surface area contributed by atoms with E-state index < -0.39 is 0 Å². The number of aromatic nitrogens is 3. The lowest BCUT2D eigenvalue weighted by Gasteiger charge is -2.21. The van der Waals surface area contributed by atoms with E-state index in [0.717, 1.165) is 77.3 Å². The molecule has 0 radical (unpaired) electrons. The number of furan rings is 2. The van der Waals surface area contributed by atoms with Gasteiger partial charge in [0.2, 0.25) is 0 Å². The molecule has 310 valence electrons. The Kier molecular flexibility index (Phi) is 7.84. The molecule has 4 heterocycles. The van der Waals surface area contributed by atoms with Crippen molar-refractivity contribution < 1.29 is 8.83 Å². The second-order valence-corrected chi connectivity index (χ2v) is 19.0. The summed E-state index contributed by atoms with van der Waals surface area (Å²) in [5.41, 5.74) is 15.5. The van der Waals surface area contributed by atoms with Gasteiger partial charge in [-0.2, -0.15) is 0 Å². The lowest BCUT2D eigenvalue weighted by molar-refractivity contribution is 0.660. The van der Waals surface area contributed by atoms with E-state index in [1.165, 1.54) is 48.0 Å². The van der Waals surface area contributed by atoms with Crippen molar-refractivity contribution in [1.82, 2.24) is 15.0 Å². The minimum Gasteiger partial charge on any atom is -0.456 e. The van der Waals surface area contributed by atoms with E-state index in [1.54, 1.807) is 0 Å². The van der Waals surface area contributed by atoms with Crippen LogP contribution in [0.3, 0.4) is 0 Å². The highest BCUT2D eigenvalue weighted by molar-refractivity contribution is 7.25. The molecule has 0 spiro atoms. The summed E-state index contributed by atoms with van der Waals surface area (Å²) in [6, 6.07) is 66.5.